The molecule has 0 spiro atoms. The fourth-order valence-electron chi connectivity index (χ4n) is 2.14. The van der Waals surface area contributed by atoms with Crippen molar-refractivity contribution in [1.29, 1.82) is 0 Å². The lowest BCUT2D eigenvalue weighted by Crippen LogP contribution is -2.23. The van der Waals surface area contributed by atoms with Gasteiger partial charge in [0.05, 0.1) is 5.75 Å². The molecule has 0 radical (unpaired) electrons. The molecule has 4 nitrogen and oxygen atoms in total. The van der Waals surface area contributed by atoms with Crippen LogP contribution in [0.15, 0.2) is 54.3 Å². The summed E-state index contributed by atoms with van der Waals surface area (Å²) in [6, 6.07) is 10.3. The average Bonchev–Trinajstić information content (AvgIpc) is 2.41. The maximum absolute atomic E-state index is 10.6. The van der Waals surface area contributed by atoms with Crippen LogP contribution < -0.4 is 0 Å². The van der Waals surface area contributed by atoms with E-state index in [1.807, 2.05) is 29.3 Å². The van der Waals surface area contributed by atoms with Crippen molar-refractivity contribution in [2.75, 3.05) is 18.8 Å². The number of nitrogens with zero attached hydrogens (tertiary/aromatic N) is 1. The molecule has 0 saturated carbocycles. The molecule has 0 aromatic heterocycles. The Labute approximate surface area is 120 Å². The van der Waals surface area contributed by atoms with Crippen LogP contribution in [0.1, 0.15) is 12.0 Å². The van der Waals surface area contributed by atoms with Crippen LogP contribution >= 0.6 is 0 Å². The zero-order valence-electron chi connectivity index (χ0n) is 11.3. The first-order chi connectivity index (χ1) is 9.53. The van der Waals surface area contributed by atoms with E-state index >= 15 is 0 Å². The van der Waals surface area contributed by atoms with E-state index in [1.54, 1.807) is 0 Å². The van der Waals surface area contributed by atoms with Gasteiger partial charge < -0.3 is 4.90 Å². The van der Waals surface area contributed by atoms with Crippen molar-refractivity contribution in [3.63, 3.8) is 0 Å². The van der Waals surface area contributed by atoms with Gasteiger partial charge in [0.2, 0.25) is 0 Å². The maximum atomic E-state index is 10.6. The molecule has 1 N–H and O–H groups in total. The lowest BCUT2D eigenvalue weighted by molar-refractivity contribution is 0.404. The zero-order chi connectivity index (χ0) is 14.4. The Morgan fingerprint density at radius 3 is 2.55 bits per heavy atom. The van der Waals surface area contributed by atoms with Crippen molar-refractivity contribution in [1.82, 2.24) is 4.90 Å². The Kier molecular flexibility index (Phi) is 4.98. The van der Waals surface area contributed by atoms with Crippen molar-refractivity contribution in [3.05, 3.63) is 59.8 Å². The largest absolute Gasteiger partial charge is 0.374 e. The van der Waals surface area contributed by atoms with Gasteiger partial charge in [-0.3, -0.25) is 4.55 Å². The third kappa shape index (κ3) is 5.19. The zero-order valence-corrected chi connectivity index (χ0v) is 12.1. The van der Waals surface area contributed by atoms with Crippen LogP contribution in [0.25, 0.3) is 0 Å². The number of hydrogen-bond acceptors (Lipinski definition) is 3. The molecule has 1 heterocycles. The number of benzene rings is 1. The Morgan fingerprint density at radius 1 is 1.20 bits per heavy atom. The summed E-state index contributed by atoms with van der Waals surface area (Å²) < 4.78 is 29.9. The minimum Gasteiger partial charge on any atom is -0.374 e. The van der Waals surface area contributed by atoms with E-state index in [0.717, 1.165) is 13.0 Å². The summed E-state index contributed by atoms with van der Waals surface area (Å²) in [6.45, 7) is 1.41. The summed E-state index contributed by atoms with van der Waals surface area (Å²) in [5, 5.41) is 0. The van der Waals surface area contributed by atoms with Gasteiger partial charge in [-0.1, -0.05) is 36.4 Å². The number of rotatable bonds is 6. The molecule has 1 aliphatic heterocycles. The van der Waals surface area contributed by atoms with Gasteiger partial charge in [0, 0.05) is 13.1 Å². The average molecular weight is 293 g/mol. The van der Waals surface area contributed by atoms with Crippen LogP contribution in [-0.2, 0) is 16.5 Å². The van der Waals surface area contributed by atoms with Crippen LogP contribution in [0, 0.1) is 0 Å². The van der Waals surface area contributed by atoms with Gasteiger partial charge in [0.15, 0.2) is 0 Å². The summed E-state index contributed by atoms with van der Waals surface area (Å²) in [5.74, 6) is -0.183. The Morgan fingerprint density at radius 2 is 1.95 bits per heavy atom. The van der Waals surface area contributed by atoms with E-state index in [1.165, 1.54) is 11.1 Å². The standard InChI is InChI=1S/C15H19NO3S/c17-20(18,19)12-4-9-16-10-7-15(8-11-16)13-14-5-2-1-3-6-14/h1-3,5-8,10H,4,9,11-13H2,(H,17,18,19). The molecule has 1 aromatic carbocycles. The molecular weight excluding hydrogens is 274 g/mol. The van der Waals surface area contributed by atoms with Gasteiger partial charge in [-0.15, -0.1) is 0 Å². The number of allylic oxidation sites excluding steroid dienone is 2. The molecule has 2 rings (SSSR count). The van der Waals surface area contributed by atoms with Gasteiger partial charge in [0.1, 0.15) is 0 Å². The van der Waals surface area contributed by atoms with Crippen molar-refractivity contribution >= 4 is 10.1 Å². The minimum atomic E-state index is -3.84. The van der Waals surface area contributed by atoms with Crippen molar-refractivity contribution in [2.45, 2.75) is 12.8 Å². The molecule has 0 bridgehead atoms. The first-order valence-electron chi connectivity index (χ1n) is 6.63. The normalized spacial score (nSPS) is 15.2. The molecule has 20 heavy (non-hydrogen) atoms. The Hall–Kier alpha value is -1.59. The summed E-state index contributed by atoms with van der Waals surface area (Å²) >= 11 is 0. The van der Waals surface area contributed by atoms with E-state index in [4.69, 9.17) is 4.55 Å². The highest BCUT2D eigenvalue weighted by molar-refractivity contribution is 7.85. The quantitative estimate of drug-likeness (QED) is 0.817. The van der Waals surface area contributed by atoms with E-state index in [2.05, 4.69) is 24.3 Å². The Balaban J connectivity index is 1.78. The van der Waals surface area contributed by atoms with Gasteiger partial charge in [0.25, 0.3) is 10.1 Å². The van der Waals surface area contributed by atoms with E-state index in [-0.39, 0.29) is 5.75 Å². The topological polar surface area (TPSA) is 57.6 Å². The van der Waals surface area contributed by atoms with Crippen LogP contribution in [-0.4, -0.2) is 36.7 Å². The third-order valence-electron chi connectivity index (χ3n) is 3.19. The van der Waals surface area contributed by atoms with E-state index in [0.29, 0.717) is 13.0 Å². The van der Waals surface area contributed by atoms with Gasteiger partial charge >= 0.3 is 0 Å². The maximum Gasteiger partial charge on any atom is 0.264 e. The summed E-state index contributed by atoms with van der Waals surface area (Å²) in [4.78, 5) is 2.04. The fourth-order valence-corrected chi connectivity index (χ4v) is 2.64. The fraction of sp³-hybridized carbons (Fsp3) is 0.333. The molecule has 0 aliphatic carbocycles. The second-order valence-electron chi connectivity index (χ2n) is 4.89. The molecule has 108 valence electrons. The molecule has 0 amide bonds. The summed E-state index contributed by atoms with van der Waals surface area (Å²) in [7, 11) is -3.84. The minimum absolute atomic E-state index is 0.183. The molecule has 1 aromatic rings. The molecule has 0 saturated heterocycles. The first kappa shape index (κ1) is 14.8. The lowest BCUT2D eigenvalue weighted by atomic mass is 10.0. The lowest BCUT2D eigenvalue weighted by Gasteiger charge is -2.22. The predicted molar refractivity (Wildman–Crippen MR) is 80.0 cm³/mol. The predicted octanol–water partition coefficient (Wildman–Crippen LogP) is 2.26. The number of hydrogen-bond donors (Lipinski definition) is 1. The van der Waals surface area contributed by atoms with Crippen molar-refractivity contribution in [3.8, 4) is 0 Å². The highest BCUT2D eigenvalue weighted by Crippen LogP contribution is 2.13. The van der Waals surface area contributed by atoms with Crippen LogP contribution in [0.5, 0.6) is 0 Å². The molecular formula is C15H19NO3S. The highest BCUT2D eigenvalue weighted by atomic mass is 32.2. The molecule has 1 aliphatic rings. The van der Waals surface area contributed by atoms with Crippen LogP contribution in [0.4, 0.5) is 0 Å². The molecule has 0 atom stereocenters. The summed E-state index contributed by atoms with van der Waals surface area (Å²) in [6.07, 6.45) is 7.55. The Bertz CT molecular complexity index is 591. The highest BCUT2D eigenvalue weighted by Gasteiger charge is 2.08. The smallest absolute Gasteiger partial charge is 0.264 e. The van der Waals surface area contributed by atoms with Crippen molar-refractivity contribution < 1.29 is 13.0 Å². The third-order valence-corrected chi connectivity index (χ3v) is 3.99. The molecule has 0 fully saturated rings. The first-order valence-corrected chi connectivity index (χ1v) is 8.24. The van der Waals surface area contributed by atoms with Gasteiger partial charge in [-0.2, -0.15) is 8.42 Å². The second-order valence-corrected chi connectivity index (χ2v) is 6.46. The van der Waals surface area contributed by atoms with E-state index in [9.17, 15) is 8.42 Å². The SMILES string of the molecule is O=S(=O)(O)CCCN1C=CC(Cc2ccccc2)=CC1. The molecule has 0 unspecified atom stereocenters. The monoisotopic (exact) mass is 293 g/mol. The second kappa shape index (κ2) is 6.72. The van der Waals surface area contributed by atoms with Crippen molar-refractivity contribution in [2.24, 2.45) is 0 Å². The van der Waals surface area contributed by atoms with Gasteiger partial charge in [-0.25, -0.2) is 0 Å². The van der Waals surface area contributed by atoms with E-state index < -0.39 is 10.1 Å². The van der Waals surface area contributed by atoms with Gasteiger partial charge in [-0.05, 0) is 36.3 Å². The molecule has 5 heteroatoms. The van der Waals surface area contributed by atoms with Crippen LogP contribution in [0.3, 0.4) is 0 Å². The summed E-state index contributed by atoms with van der Waals surface area (Å²) in [5.41, 5.74) is 2.55. The van der Waals surface area contributed by atoms with Crippen LogP contribution in [0.2, 0.25) is 0 Å².